The van der Waals surface area contributed by atoms with Gasteiger partial charge in [0.15, 0.2) is 10.0 Å². The number of nitrogens with zero attached hydrogens (tertiary/aromatic N) is 13. The number of rotatable bonds is 17. The Morgan fingerprint density at radius 2 is 0.925 bits per heavy atom. The molecule has 0 aliphatic heterocycles. The lowest BCUT2D eigenvalue weighted by molar-refractivity contribution is -0.384. The van der Waals surface area contributed by atoms with E-state index in [-0.39, 0.29) is 34.9 Å². The first-order valence-corrected chi connectivity index (χ1v) is 32.3. The average molecular weight is 1400 g/mol. The molecule has 33 nitrogen and oxygen atoms in total. The molecule has 10 rings (SSSR count). The van der Waals surface area contributed by atoms with E-state index in [0.29, 0.717) is 43.0 Å². The first-order valence-electron chi connectivity index (χ1n) is 25.8. The summed E-state index contributed by atoms with van der Waals surface area (Å²) < 4.78 is 93.0. The molecule has 1 unspecified atom stereocenters. The van der Waals surface area contributed by atoms with Crippen LogP contribution in [0.25, 0.3) is 32.7 Å². The number of aryl methyl sites for hydroxylation is 2. The van der Waals surface area contributed by atoms with E-state index < -0.39 is 45.8 Å². The zero-order valence-corrected chi connectivity index (χ0v) is 53.1. The number of fused-ring (bicyclic) bond motifs is 3. The zero-order valence-electron chi connectivity index (χ0n) is 48.2. The molecule has 0 radical (unpaired) electrons. The van der Waals surface area contributed by atoms with Gasteiger partial charge in [0.05, 0.1) is 37.0 Å². The summed E-state index contributed by atoms with van der Waals surface area (Å²) in [5.74, 6) is 0. The minimum atomic E-state index is -4.67. The molecule has 0 fully saturated rings. The van der Waals surface area contributed by atoms with E-state index in [1.165, 1.54) is 81.9 Å². The van der Waals surface area contributed by atoms with E-state index >= 15 is 0 Å². The molecule has 3 heterocycles. The highest BCUT2D eigenvalue weighted by Crippen LogP contribution is 2.36. The summed E-state index contributed by atoms with van der Waals surface area (Å²) in [7, 11) is -13.4. The summed E-state index contributed by atoms with van der Waals surface area (Å²) in [5.41, 5.74) is 15.5. The van der Waals surface area contributed by atoms with Crippen LogP contribution in [0.5, 0.6) is 0 Å². The molecule has 0 spiro atoms. The van der Waals surface area contributed by atoms with Gasteiger partial charge in [-0.05, 0) is 137 Å². The Kier molecular flexibility index (Phi) is 29.4. The van der Waals surface area contributed by atoms with Crippen molar-refractivity contribution in [1.29, 1.82) is 0 Å². The second-order valence-electron chi connectivity index (χ2n) is 18.2. The van der Waals surface area contributed by atoms with Gasteiger partial charge >= 0.3 is 31.0 Å². The number of aromatic nitrogens is 3. The third kappa shape index (κ3) is 24.9. The van der Waals surface area contributed by atoms with Crippen LogP contribution in [-0.4, -0.2) is 91.4 Å². The molecule has 1 atom stereocenters. The second-order valence-corrected chi connectivity index (χ2v) is 23.8. The molecule has 7 aromatic carbocycles. The number of nitro benzene ring substituents is 3. The fraction of sp³-hybridized carbons (Fsp3) is 0.167. The van der Waals surface area contributed by atoms with Crippen LogP contribution in [0, 0.1) is 44.2 Å². The van der Waals surface area contributed by atoms with E-state index in [4.69, 9.17) is 43.5 Å². The van der Waals surface area contributed by atoms with Gasteiger partial charge in [0.2, 0.25) is 0 Å². The fourth-order valence-electron chi connectivity index (χ4n) is 7.45. The minimum absolute atomic E-state index is 0. The molecule has 494 valence electrons. The molecule has 93 heavy (non-hydrogen) atoms. The number of hydrogen-bond donors (Lipinski definition) is 7. The van der Waals surface area contributed by atoms with Crippen LogP contribution in [-0.2, 0) is 52.8 Å². The fourth-order valence-corrected chi connectivity index (χ4v) is 9.73. The summed E-state index contributed by atoms with van der Waals surface area (Å²) in [4.78, 5) is 35.3. The SMILES string of the molecule is C.CCN(Cc1ccc(C)cc1)c1ccc(N=Nc2snc3ccc([N+](=O)[O-])cc23)cc1.CCN(Cc1ccc(C)cc1)c1ccccc1.Nc1snc2ccc([N+](=O)[O-])cc12.O=S(=O)(O)O.O=S(O)(=NO)OO.O=[N+]([O-])c1ccc2nsc(N=NS(=O)(=O)OO)c2c1. The van der Waals surface area contributed by atoms with E-state index in [1.54, 1.807) is 16.7 Å². The van der Waals surface area contributed by atoms with Crippen molar-refractivity contribution in [3.8, 4) is 0 Å². The lowest BCUT2D eigenvalue weighted by Gasteiger charge is -2.23. The van der Waals surface area contributed by atoms with Gasteiger partial charge in [-0.2, -0.15) is 34.2 Å². The van der Waals surface area contributed by atoms with E-state index in [0.717, 1.165) is 54.9 Å². The molecule has 10 aromatic rings. The zero-order chi connectivity index (χ0) is 67.8. The summed E-state index contributed by atoms with van der Waals surface area (Å²) in [5, 5.41) is 69.4. The van der Waals surface area contributed by atoms with Crippen LogP contribution in [0.4, 0.5) is 49.1 Å². The molecule has 0 bridgehead atoms. The number of non-ortho nitro benzene ring substituents is 3. The highest BCUT2D eigenvalue weighted by molar-refractivity contribution is 7.85. The van der Waals surface area contributed by atoms with Crippen molar-refractivity contribution >= 4 is 147 Å². The molecule has 8 N–H and O–H groups in total. The van der Waals surface area contributed by atoms with Crippen LogP contribution in [0.2, 0.25) is 0 Å². The Balaban J connectivity index is 0.000000258. The van der Waals surface area contributed by atoms with Crippen molar-refractivity contribution in [2.45, 2.75) is 48.2 Å². The smallest absolute Gasteiger partial charge is 0.389 e. The minimum Gasteiger partial charge on any atom is -0.389 e. The molecule has 3 aromatic heterocycles. The maximum atomic E-state index is 11.0. The van der Waals surface area contributed by atoms with E-state index in [1.807, 2.05) is 24.3 Å². The average Bonchev–Trinajstić information content (AvgIpc) is 1.72. The number of nitrogen functional groups attached to an aromatic ring is 1. The van der Waals surface area contributed by atoms with E-state index in [2.05, 4.69) is 158 Å². The van der Waals surface area contributed by atoms with E-state index in [9.17, 15) is 43.0 Å². The predicted molar refractivity (Wildman–Crippen MR) is 353 cm³/mol. The van der Waals surface area contributed by atoms with Crippen molar-refractivity contribution in [3.05, 3.63) is 210 Å². The standard InChI is InChI=1S/C23H21N5O2S.C16H19N.C7H4N4O6S2.C7H5N3O2S.CH4.H3NO5S.H2O4S/c1-3-27(15-17-6-4-16(2)5-7-17)19-10-8-18(9-11-19)24-25-23-21-14-20(28(29)30)12-13-22(21)26-31-23;1-3-17(16-7-5-4-6-8-16)13-15-11-9-14(2)10-12-15;12-11(13)4-1-2-6-5(3-4)7(18-9-6)8-10-19(15,16)17-14;8-7-5-3-4(10(11)12)1-2-6(5)9-13-7;;2-1-7(4,5)6-3;1-5(2,3)4/h4-14H,3,15H2,1-2H3;4-12H,3,13H2,1-2H3;1-3,14H;1-3H,8H2;1H4;2-3H,(H,1,4,5);(H2,1,2,3,4). The lowest BCUT2D eigenvalue weighted by Crippen LogP contribution is -2.21. The highest BCUT2D eigenvalue weighted by Gasteiger charge is 2.16. The van der Waals surface area contributed by atoms with Gasteiger partial charge in [0.25, 0.3) is 17.1 Å². The number of para-hydroxylation sites is 1. The lowest BCUT2D eigenvalue weighted by atomic mass is 10.1. The molecule has 39 heteroatoms. The Bertz CT molecular complexity index is 4530. The van der Waals surface area contributed by atoms with Crippen molar-refractivity contribution in [1.82, 2.24) is 13.1 Å². The summed E-state index contributed by atoms with van der Waals surface area (Å²) in [6, 6.07) is 48.7. The molecular formula is C54H58N14O19S6. The molecule has 0 aliphatic carbocycles. The highest BCUT2D eigenvalue weighted by atomic mass is 32.3. The van der Waals surface area contributed by atoms with Crippen LogP contribution in [0.3, 0.4) is 0 Å². The summed E-state index contributed by atoms with van der Waals surface area (Å²) >= 11 is 3.12. The van der Waals surface area contributed by atoms with Crippen LogP contribution in [0.15, 0.2) is 182 Å². The molecule has 0 amide bonds. The van der Waals surface area contributed by atoms with Crippen molar-refractivity contribution < 1.29 is 73.9 Å². The number of benzene rings is 7. The van der Waals surface area contributed by atoms with Crippen LogP contribution in [0.1, 0.15) is 43.5 Å². The Morgan fingerprint density at radius 1 is 0.538 bits per heavy atom. The number of azo groups is 1. The van der Waals surface area contributed by atoms with Gasteiger partial charge < -0.3 is 15.5 Å². The number of nitro groups is 3. The Labute approximate surface area is 542 Å². The first kappa shape index (κ1) is 76.0. The monoisotopic (exact) mass is 1400 g/mol. The maximum Gasteiger partial charge on any atom is 0.425 e. The van der Waals surface area contributed by atoms with Gasteiger partial charge in [-0.25, -0.2) is 10.5 Å². The van der Waals surface area contributed by atoms with Crippen LogP contribution < -0.4 is 15.5 Å². The van der Waals surface area contributed by atoms with Crippen molar-refractivity contribution in [3.63, 3.8) is 0 Å². The Morgan fingerprint density at radius 3 is 1.30 bits per heavy atom. The molecular weight excluding hydrogens is 1340 g/mol. The normalized spacial score (nSPS) is 11.6. The van der Waals surface area contributed by atoms with Crippen LogP contribution >= 0.6 is 34.6 Å². The van der Waals surface area contributed by atoms with Gasteiger partial charge in [0.1, 0.15) is 5.00 Å². The number of anilines is 3. The third-order valence-electron chi connectivity index (χ3n) is 11.9. The summed E-state index contributed by atoms with van der Waals surface area (Å²) in [6.07, 6.45) is 0. The van der Waals surface area contributed by atoms with Crippen molar-refractivity contribution in [2.75, 3.05) is 28.6 Å². The van der Waals surface area contributed by atoms with Gasteiger partial charge in [-0.1, -0.05) is 89.6 Å². The van der Waals surface area contributed by atoms with Crippen molar-refractivity contribution in [2.24, 2.45) is 24.4 Å². The Hall–Kier alpha value is -9.46. The molecule has 0 saturated carbocycles. The first-order chi connectivity index (χ1) is 43.6. The van der Waals surface area contributed by atoms with Gasteiger partial charge in [0, 0.05) is 90.1 Å². The predicted octanol–water partition coefficient (Wildman–Crippen LogP) is 14.5. The quantitative estimate of drug-likeness (QED) is 0.0146. The second kappa shape index (κ2) is 36.0. The number of hydrogen-bond acceptors (Lipinski definition) is 28. The third-order valence-corrected chi connectivity index (χ3v) is 15.0. The largest absolute Gasteiger partial charge is 0.425 e. The van der Waals surface area contributed by atoms with Gasteiger partial charge in [-0.15, -0.1) is 19.7 Å². The summed E-state index contributed by atoms with van der Waals surface area (Å²) in [6.45, 7) is 12.3. The molecule has 0 aliphatic rings. The maximum absolute atomic E-state index is 11.0. The van der Waals surface area contributed by atoms with Gasteiger partial charge in [-0.3, -0.25) is 49.2 Å². The molecule has 0 saturated heterocycles. The number of nitrogens with two attached hydrogens (primary N) is 1. The topological polar surface area (TPSA) is 488 Å².